The molecular formula is C40H78N2O6P+. The summed E-state index contributed by atoms with van der Waals surface area (Å²) in [6, 6.07) is -0.862. The molecule has 1 amide bonds. The van der Waals surface area contributed by atoms with Gasteiger partial charge in [0.15, 0.2) is 0 Å². The third-order valence-electron chi connectivity index (χ3n) is 8.59. The predicted molar refractivity (Wildman–Crippen MR) is 208 cm³/mol. The van der Waals surface area contributed by atoms with Gasteiger partial charge >= 0.3 is 7.82 Å². The maximum atomic E-state index is 12.6. The van der Waals surface area contributed by atoms with Crippen LogP contribution in [0.15, 0.2) is 36.5 Å². The van der Waals surface area contributed by atoms with Gasteiger partial charge in [0.2, 0.25) is 5.91 Å². The van der Waals surface area contributed by atoms with Crippen LogP contribution in [-0.2, 0) is 18.4 Å². The van der Waals surface area contributed by atoms with Crippen molar-refractivity contribution in [3.05, 3.63) is 36.5 Å². The van der Waals surface area contributed by atoms with Crippen LogP contribution in [0.1, 0.15) is 162 Å². The number of quaternary nitrogens is 1. The number of phosphoric ester groups is 1. The number of nitrogens with zero attached hydrogens (tertiary/aromatic N) is 1. The molecular weight excluding hydrogens is 635 g/mol. The maximum absolute atomic E-state index is 12.6. The minimum absolute atomic E-state index is 0.0536. The summed E-state index contributed by atoms with van der Waals surface area (Å²) in [5, 5.41) is 13.7. The molecule has 0 aliphatic heterocycles. The summed E-state index contributed by atoms with van der Waals surface area (Å²) < 4.78 is 23.3. The number of amides is 1. The minimum Gasteiger partial charge on any atom is -0.387 e. The SMILES string of the molecule is CCCCCCCCCCCCC/C=C/CC/C=C/CC/C=C/C(O)C(COP(=O)(O)OCC[N+](C)(C)C)NC(=O)CCCCCCCC. The van der Waals surface area contributed by atoms with Gasteiger partial charge in [0.25, 0.3) is 0 Å². The first-order chi connectivity index (χ1) is 23.5. The van der Waals surface area contributed by atoms with Crippen LogP contribution in [0.5, 0.6) is 0 Å². The van der Waals surface area contributed by atoms with Gasteiger partial charge in [0.05, 0.1) is 39.9 Å². The molecule has 9 heteroatoms. The third-order valence-corrected chi connectivity index (χ3v) is 9.57. The molecule has 0 bridgehead atoms. The smallest absolute Gasteiger partial charge is 0.387 e. The van der Waals surface area contributed by atoms with Crippen molar-refractivity contribution < 1.29 is 32.9 Å². The Morgan fingerprint density at radius 3 is 1.63 bits per heavy atom. The van der Waals surface area contributed by atoms with E-state index in [9.17, 15) is 19.4 Å². The van der Waals surface area contributed by atoms with E-state index in [4.69, 9.17) is 9.05 Å². The maximum Gasteiger partial charge on any atom is 0.472 e. The van der Waals surface area contributed by atoms with Crippen LogP contribution in [0.2, 0.25) is 0 Å². The summed E-state index contributed by atoms with van der Waals surface area (Å²) in [4.78, 5) is 22.8. The molecule has 0 aliphatic carbocycles. The Hall–Kier alpha value is -1.28. The van der Waals surface area contributed by atoms with Crippen LogP contribution >= 0.6 is 7.82 Å². The zero-order chi connectivity index (χ0) is 36.5. The number of hydrogen-bond acceptors (Lipinski definition) is 5. The standard InChI is InChI=1S/C40H77N2O6P/c1-6-8-10-12-14-15-16-17-18-19-20-21-22-23-24-25-26-27-28-29-31-33-39(43)38(41-40(44)34-32-30-13-11-9-7-2)37-48-49(45,46)47-36-35-42(3,4)5/h22-23,26-27,31,33,38-39,43H,6-21,24-25,28-30,32,34-37H2,1-5H3,(H-,41,44,45,46)/p+1/b23-22+,27-26+,33-31+. The Balaban J connectivity index is 4.40. The van der Waals surface area contributed by atoms with Crippen LogP contribution in [0.25, 0.3) is 0 Å². The number of aliphatic hydroxyl groups is 1. The van der Waals surface area contributed by atoms with Crippen molar-refractivity contribution in [1.29, 1.82) is 0 Å². The number of carbonyl (C=O) groups excluding carboxylic acids is 1. The molecule has 0 spiro atoms. The Kier molecular flexibility index (Phi) is 31.8. The lowest BCUT2D eigenvalue weighted by Crippen LogP contribution is -2.45. The number of phosphoric acid groups is 1. The molecule has 0 heterocycles. The molecule has 0 aliphatic rings. The number of unbranched alkanes of at least 4 members (excludes halogenated alkanes) is 18. The van der Waals surface area contributed by atoms with Gasteiger partial charge in [-0.2, -0.15) is 0 Å². The largest absolute Gasteiger partial charge is 0.472 e. The van der Waals surface area contributed by atoms with Crippen molar-refractivity contribution in [1.82, 2.24) is 5.32 Å². The Morgan fingerprint density at radius 1 is 0.673 bits per heavy atom. The number of carbonyl (C=O) groups is 1. The van der Waals surface area contributed by atoms with E-state index in [2.05, 4.69) is 43.5 Å². The monoisotopic (exact) mass is 714 g/mol. The molecule has 0 aromatic rings. The van der Waals surface area contributed by atoms with Crippen LogP contribution in [-0.4, -0.2) is 73.4 Å². The molecule has 3 unspecified atom stereocenters. The van der Waals surface area contributed by atoms with Gasteiger partial charge in [-0.25, -0.2) is 4.57 Å². The van der Waals surface area contributed by atoms with Gasteiger partial charge in [-0.1, -0.05) is 147 Å². The average Bonchev–Trinajstić information content (AvgIpc) is 3.04. The first kappa shape index (κ1) is 47.7. The van der Waals surface area contributed by atoms with Gasteiger partial charge in [-0.3, -0.25) is 13.8 Å². The lowest BCUT2D eigenvalue weighted by Gasteiger charge is -2.25. The Bertz CT molecular complexity index is 902. The van der Waals surface area contributed by atoms with Gasteiger partial charge in [0.1, 0.15) is 13.2 Å². The lowest BCUT2D eigenvalue weighted by molar-refractivity contribution is -0.870. The Morgan fingerprint density at radius 2 is 1.12 bits per heavy atom. The van der Waals surface area contributed by atoms with E-state index < -0.39 is 20.0 Å². The third kappa shape index (κ3) is 34.9. The number of likely N-dealkylation sites (N-methyl/N-ethyl adjacent to an activating group) is 1. The fraction of sp³-hybridized carbons (Fsp3) is 0.825. The molecule has 0 aromatic heterocycles. The van der Waals surface area contributed by atoms with Crippen LogP contribution < -0.4 is 5.32 Å². The molecule has 0 rings (SSSR count). The molecule has 3 atom stereocenters. The number of hydrogen-bond donors (Lipinski definition) is 3. The van der Waals surface area contributed by atoms with Crippen molar-refractivity contribution in [2.45, 2.75) is 174 Å². The normalized spacial score (nSPS) is 15.0. The number of nitrogens with one attached hydrogen (secondary N) is 1. The quantitative estimate of drug-likeness (QED) is 0.0261. The van der Waals surface area contributed by atoms with E-state index in [1.807, 2.05) is 27.2 Å². The highest BCUT2D eigenvalue weighted by Crippen LogP contribution is 2.43. The van der Waals surface area contributed by atoms with E-state index in [0.717, 1.165) is 44.9 Å². The second-order valence-electron chi connectivity index (χ2n) is 14.6. The molecule has 49 heavy (non-hydrogen) atoms. The van der Waals surface area contributed by atoms with Gasteiger partial charge in [-0.15, -0.1) is 0 Å². The number of aliphatic hydroxyl groups excluding tert-OH is 1. The molecule has 0 radical (unpaired) electrons. The van der Waals surface area contributed by atoms with Crippen molar-refractivity contribution in [3.8, 4) is 0 Å². The summed E-state index contributed by atoms with van der Waals surface area (Å²) in [6.45, 7) is 4.70. The fourth-order valence-electron chi connectivity index (χ4n) is 5.36. The summed E-state index contributed by atoms with van der Waals surface area (Å²) >= 11 is 0. The fourth-order valence-corrected chi connectivity index (χ4v) is 6.10. The molecule has 0 saturated heterocycles. The zero-order valence-electron chi connectivity index (χ0n) is 32.4. The van der Waals surface area contributed by atoms with Gasteiger partial charge in [-0.05, 0) is 44.9 Å². The molecule has 3 N–H and O–H groups in total. The molecule has 0 fully saturated rings. The molecule has 0 saturated carbocycles. The summed E-state index contributed by atoms with van der Waals surface area (Å²) in [7, 11) is 1.54. The highest BCUT2D eigenvalue weighted by molar-refractivity contribution is 7.47. The van der Waals surface area contributed by atoms with E-state index >= 15 is 0 Å². The average molecular weight is 714 g/mol. The zero-order valence-corrected chi connectivity index (χ0v) is 33.3. The van der Waals surface area contributed by atoms with Crippen molar-refractivity contribution in [2.75, 3.05) is 40.9 Å². The number of allylic oxidation sites excluding steroid dienone is 5. The second kappa shape index (κ2) is 32.6. The summed E-state index contributed by atoms with van der Waals surface area (Å²) in [5.74, 6) is -0.203. The summed E-state index contributed by atoms with van der Waals surface area (Å²) in [5.41, 5.74) is 0. The predicted octanol–water partition coefficient (Wildman–Crippen LogP) is 10.4. The van der Waals surface area contributed by atoms with Gasteiger partial charge < -0.3 is 19.8 Å². The molecule has 8 nitrogen and oxygen atoms in total. The highest BCUT2D eigenvalue weighted by Gasteiger charge is 2.27. The second-order valence-corrected chi connectivity index (χ2v) is 16.1. The molecule has 0 aromatic carbocycles. The number of rotatable bonds is 35. The first-order valence-electron chi connectivity index (χ1n) is 19.9. The van der Waals surface area contributed by atoms with Crippen LogP contribution in [0, 0.1) is 0 Å². The van der Waals surface area contributed by atoms with Crippen molar-refractivity contribution >= 4 is 13.7 Å². The van der Waals surface area contributed by atoms with E-state index in [0.29, 0.717) is 17.4 Å². The minimum atomic E-state index is -4.33. The van der Waals surface area contributed by atoms with Crippen molar-refractivity contribution in [2.24, 2.45) is 0 Å². The highest BCUT2D eigenvalue weighted by atomic mass is 31.2. The molecule has 288 valence electrons. The van der Waals surface area contributed by atoms with Crippen LogP contribution in [0.4, 0.5) is 0 Å². The van der Waals surface area contributed by atoms with E-state index in [1.54, 1.807) is 6.08 Å². The van der Waals surface area contributed by atoms with Gasteiger partial charge in [0, 0.05) is 6.42 Å². The topological polar surface area (TPSA) is 105 Å². The van der Waals surface area contributed by atoms with E-state index in [-0.39, 0.29) is 19.1 Å². The van der Waals surface area contributed by atoms with Crippen molar-refractivity contribution in [3.63, 3.8) is 0 Å². The Labute approximate surface area is 302 Å². The van der Waals surface area contributed by atoms with Crippen LogP contribution in [0.3, 0.4) is 0 Å². The first-order valence-corrected chi connectivity index (χ1v) is 21.4. The summed E-state index contributed by atoms with van der Waals surface area (Å²) in [6.07, 6.45) is 38.2. The van der Waals surface area contributed by atoms with E-state index in [1.165, 1.54) is 96.3 Å². The lowest BCUT2D eigenvalue weighted by atomic mass is 10.1.